The van der Waals surface area contributed by atoms with Crippen LogP contribution in [0.3, 0.4) is 0 Å². The number of carbonyl (C=O) groups excluding carboxylic acids is 2. The fourth-order valence-corrected chi connectivity index (χ4v) is 3.19. The summed E-state index contributed by atoms with van der Waals surface area (Å²) in [6.45, 7) is 0.321. The molecule has 1 aromatic heterocycles. The van der Waals surface area contributed by atoms with Gasteiger partial charge in [0.2, 0.25) is 11.8 Å². The molecule has 0 atom stereocenters. The van der Waals surface area contributed by atoms with E-state index in [0.29, 0.717) is 53.7 Å². The van der Waals surface area contributed by atoms with Crippen molar-refractivity contribution in [3.8, 4) is 0 Å². The highest BCUT2D eigenvalue weighted by Gasteiger charge is 2.34. The van der Waals surface area contributed by atoms with Crippen molar-refractivity contribution in [2.75, 3.05) is 6.54 Å². The lowest BCUT2D eigenvalue weighted by molar-refractivity contribution is 0.0651. The molecule has 0 spiro atoms. The number of aromatic nitrogens is 2. The molecule has 2 amide bonds. The summed E-state index contributed by atoms with van der Waals surface area (Å²) < 4.78 is 5.65. The van der Waals surface area contributed by atoms with Crippen LogP contribution in [0.15, 0.2) is 52.9 Å². The zero-order chi connectivity index (χ0) is 18.8. The van der Waals surface area contributed by atoms with Crippen LogP contribution in [-0.4, -0.2) is 33.5 Å². The van der Waals surface area contributed by atoms with Gasteiger partial charge in [0.1, 0.15) is 0 Å². The summed E-state index contributed by atoms with van der Waals surface area (Å²) in [6, 6.07) is 14.3. The van der Waals surface area contributed by atoms with E-state index >= 15 is 0 Å². The van der Waals surface area contributed by atoms with Crippen molar-refractivity contribution in [3.63, 3.8) is 0 Å². The molecule has 0 saturated carbocycles. The molecule has 2 heterocycles. The largest absolute Gasteiger partial charge is 0.425 e. The summed E-state index contributed by atoms with van der Waals surface area (Å²) in [5.41, 5.74) is 1.96. The van der Waals surface area contributed by atoms with Gasteiger partial charge in [0.15, 0.2) is 0 Å². The van der Waals surface area contributed by atoms with Crippen LogP contribution in [-0.2, 0) is 12.8 Å². The monoisotopic (exact) mass is 381 g/mol. The number of benzene rings is 2. The molecular weight excluding hydrogens is 366 g/mol. The van der Waals surface area contributed by atoms with E-state index in [4.69, 9.17) is 16.0 Å². The van der Waals surface area contributed by atoms with Gasteiger partial charge in [-0.1, -0.05) is 35.9 Å². The standard InChI is InChI=1S/C20H16ClN3O3/c21-14-9-7-13(8-10-14)12-18-23-22-17(27-18)6-3-11-24-19(25)15-4-1-2-5-16(15)20(24)26/h1-2,4-5,7-10H,3,6,11-12H2. The number of nitrogens with zero attached hydrogens (tertiary/aromatic N) is 3. The van der Waals surface area contributed by atoms with Crippen molar-refractivity contribution in [2.24, 2.45) is 0 Å². The van der Waals surface area contributed by atoms with E-state index in [-0.39, 0.29) is 11.8 Å². The van der Waals surface area contributed by atoms with Gasteiger partial charge in [-0.2, -0.15) is 0 Å². The van der Waals surface area contributed by atoms with Crippen LogP contribution in [0, 0.1) is 0 Å². The van der Waals surface area contributed by atoms with Crippen LogP contribution < -0.4 is 0 Å². The topological polar surface area (TPSA) is 76.3 Å². The normalized spacial score (nSPS) is 13.3. The fraction of sp³-hybridized carbons (Fsp3) is 0.200. The number of carbonyl (C=O) groups is 2. The molecule has 3 aromatic rings. The maximum atomic E-state index is 12.3. The Morgan fingerprint density at radius 2 is 1.52 bits per heavy atom. The number of halogens is 1. The summed E-state index contributed by atoms with van der Waals surface area (Å²) in [7, 11) is 0. The van der Waals surface area contributed by atoms with Gasteiger partial charge in [-0.25, -0.2) is 0 Å². The molecule has 7 heteroatoms. The molecule has 0 radical (unpaired) electrons. The third kappa shape index (κ3) is 3.61. The minimum absolute atomic E-state index is 0.246. The van der Waals surface area contributed by atoms with Crippen LogP contribution in [0.5, 0.6) is 0 Å². The molecule has 0 fully saturated rings. The van der Waals surface area contributed by atoms with Gasteiger partial charge in [-0.3, -0.25) is 14.5 Å². The summed E-state index contributed by atoms with van der Waals surface area (Å²) >= 11 is 5.88. The van der Waals surface area contributed by atoms with Gasteiger partial charge < -0.3 is 4.42 Å². The lowest BCUT2D eigenvalue weighted by atomic mass is 10.1. The molecule has 0 N–H and O–H groups in total. The van der Waals surface area contributed by atoms with Crippen molar-refractivity contribution in [1.82, 2.24) is 15.1 Å². The number of hydrogen-bond donors (Lipinski definition) is 0. The van der Waals surface area contributed by atoms with Crippen LogP contribution in [0.25, 0.3) is 0 Å². The minimum Gasteiger partial charge on any atom is -0.425 e. The van der Waals surface area contributed by atoms with E-state index in [9.17, 15) is 9.59 Å². The maximum Gasteiger partial charge on any atom is 0.261 e. The number of aryl methyl sites for hydroxylation is 1. The van der Waals surface area contributed by atoms with Crippen LogP contribution in [0.4, 0.5) is 0 Å². The molecule has 1 aliphatic rings. The molecule has 2 aromatic carbocycles. The second-order valence-electron chi connectivity index (χ2n) is 6.30. The number of hydrogen-bond acceptors (Lipinski definition) is 5. The molecule has 6 nitrogen and oxygen atoms in total. The van der Waals surface area contributed by atoms with Crippen molar-refractivity contribution < 1.29 is 14.0 Å². The van der Waals surface area contributed by atoms with Gasteiger partial charge >= 0.3 is 0 Å². The average Bonchev–Trinajstić information content (AvgIpc) is 3.22. The third-order valence-electron chi connectivity index (χ3n) is 4.43. The molecule has 0 aliphatic carbocycles. The van der Waals surface area contributed by atoms with Crippen molar-refractivity contribution in [2.45, 2.75) is 19.3 Å². The quantitative estimate of drug-likeness (QED) is 0.610. The van der Waals surface area contributed by atoms with Gasteiger partial charge in [-0.05, 0) is 36.2 Å². The highest BCUT2D eigenvalue weighted by atomic mass is 35.5. The smallest absolute Gasteiger partial charge is 0.261 e. The Bertz CT molecular complexity index is 963. The first-order chi connectivity index (χ1) is 13.1. The second kappa shape index (κ2) is 7.32. The van der Waals surface area contributed by atoms with Gasteiger partial charge in [0.25, 0.3) is 11.8 Å². The maximum absolute atomic E-state index is 12.3. The Hall–Kier alpha value is -2.99. The lowest BCUT2D eigenvalue weighted by Gasteiger charge is -2.12. The highest BCUT2D eigenvalue weighted by Crippen LogP contribution is 2.22. The minimum atomic E-state index is -0.246. The Kier molecular flexibility index (Phi) is 4.73. The van der Waals surface area contributed by atoms with E-state index in [1.165, 1.54) is 4.90 Å². The first-order valence-electron chi connectivity index (χ1n) is 8.63. The SMILES string of the molecule is O=C1c2ccccc2C(=O)N1CCCc1nnc(Cc2ccc(Cl)cc2)o1. The van der Waals surface area contributed by atoms with Crippen molar-refractivity contribution >= 4 is 23.4 Å². The predicted octanol–water partition coefficient (Wildman–Crippen LogP) is 3.54. The molecular formula is C20H16ClN3O3. The van der Waals surface area contributed by atoms with E-state index < -0.39 is 0 Å². The third-order valence-corrected chi connectivity index (χ3v) is 4.68. The molecule has 1 aliphatic heterocycles. The van der Waals surface area contributed by atoms with Gasteiger partial charge in [0, 0.05) is 18.0 Å². The van der Waals surface area contributed by atoms with E-state index in [1.807, 2.05) is 24.3 Å². The van der Waals surface area contributed by atoms with E-state index in [0.717, 1.165) is 5.56 Å². The summed E-state index contributed by atoms with van der Waals surface area (Å²) in [4.78, 5) is 25.9. The number of imide groups is 1. The zero-order valence-electron chi connectivity index (χ0n) is 14.4. The van der Waals surface area contributed by atoms with Crippen molar-refractivity contribution in [3.05, 3.63) is 82.0 Å². The molecule has 4 rings (SSSR count). The van der Waals surface area contributed by atoms with E-state index in [1.54, 1.807) is 24.3 Å². The van der Waals surface area contributed by atoms with Crippen LogP contribution in [0.1, 0.15) is 44.5 Å². The molecule has 27 heavy (non-hydrogen) atoms. The van der Waals surface area contributed by atoms with Crippen LogP contribution in [0.2, 0.25) is 5.02 Å². The Labute approximate surface area is 160 Å². The van der Waals surface area contributed by atoms with Crippen LogP contribution >= 0.6 is 11.6 Å². The first-order valence-corrected chi connectivity index (χ1v) is 9.00. The first kappa shape index (κ1) is 17.4. The lowest BCUT2D eigenvalue weighted by Crippen LogP contribution is -2.30. The van der Waals surface area contributed by atoms with E-state index in [2.05, 4.69) is 10.2 Å². The Morgan fingerprint density at radius 3 is 2.19 bits per heavy atom. The fourth-order valence-electron chi connectivity index (χ4n) is 3.07. The number of rotatable bonds is 6. The summed E-state index contributed by atoms with van der Waals surface area (Å²) in [5, 5.41) is 8.77. The Balaban J connectivity index is 1.33. The molecule has 0 bridgehead atoms. The average molecular weight is 382 g/mol. The Morgan fingerprint density at radius 1 is 0.889 bits per heavy atom. The zero-order valence-corrected chi connectivity index (χ0v) is 15.1. The van der Waals surface area contributed by atoms with Crippen molar-refractivity contribution in [1.29, 1.82) is 0 Å². The predicted molar refractivity (Wildman–Crippen MR) is 98.7 cm³/mol. The number of fused-ring (bicyclic) bond motifs is 1. The molecule has 0 unspecified atom stereocenters. The number of amides is 2. The van der Waals surface area contributed by atoms with Gasteiger partial charge in [-0.15, -0.1) is 10.2 Å². The van der Waals surface area contributed by atoms with Gasteiger partial charge in [0.05, 0.1) is 17.5 Å². The second-order valence-corrected chi connectivity index (χ2v) is 6.74. The summed E-state index contributed by atoms with van der Waals surface area (Å²) in [5.74, 6) is 0.526. The molecule has 136 valence electrons. The summed E-state index contributed by atoms with van der Waals surface area (Å²) in [6.07, 6.45) is 1.59. The highest BCUT2D eigenvalue weighted by molar-refractivity contribution is 6.30. The molecule has 0 saturated heterocycles.